The highest BCUT2D eigenvalue weighted by molar-refractivity contribution is 5.40. The predicted octanol–water partition coefficient (Wildman–Crippen LogP) is 3.40. The van der Waals surface area contributed by atoms with Gasteiger partial charge in [-0.1, -0.05) is 42.5 Å². The smallest absolute Gasteiger partial charge is 0.387 e. The Morgan fingerprint density at radius 3 is 2.25 bits per heavy atom. The van der Waals surface area contributed by atoms with Gasteiger partial charge in [-0.25, -0.2) is 0 Å². The molecule has 0 amide bonds. The highest BCUT2D eigenvalue weighted by Crippen LogP contribution is 2.34. The van der Waals surface area contributed by atoms with E-state index in [0.29, 0.717) is 13.2 Å². The van der Waals surface area contributed by atoms with Crippen LogP contribution in [0.15, 0.2) is 54.6 Å². The third kappa shape index (κ3) is 4.21. The summed E-state index contributed by atoms with van der Waals surface area (Å²) in [6.07, 6.45) is -0.651. The first-order valence-corrected chi connectivity index (χ1v) is 7.82. The summed E-state index contributed by atoms with van der Waals surface area (Å²) in [5.41, 5.74) is 0.915. The molecule has 1 saturated heterocycles. The molecular formula is C18H19F2NO3. The summed E-state index contributed by atoms with van der Waals surface area (Å²) in [5.74, 6) is 0.276. The van der Waals surface area contributed by atoms with Gasteiger partial charge >= 0.3 is 6.61 Å². The molecule has 1 fully saturated rings. The van der Waals surface area contributed by atoms with Crippen molar-refractivity contribution in [2.24, 2.45) is 0 Å². The standard InChI is InChI=1S/C18H19F2NO3/c19-18(20)24-15-9-5-4-8-14(15)23-17(13-6-2-1-3-7-13)16-12-21-10-11-22-16/h1-9,16-18,21H,10-12H2/t16-,17-/m0/s1. The molecule has 0 saturated carbocycles. The first-order chi connectivity index (χ1) is 11.7. The second-order valence-corrected chi connectivity index (χ2v) is 5.39. The minimum Gasteiger partial charge on any atom is -0.479 e. The molecule has 1 heterocycles. The van der Waals surface area contributed by atoms with Crippen molar-refractivity contribution in [2.75, 3.05) is 19.7 Å². The van der Waals surface area contributed by atoms with Gasteiger partial charge < -0.3 is 19.5 Å². The molecule has 1 aliphatic rings. The van der Waals surface area contributed by atoms with Crippen LogP contribution < -0.4 is 14.8 Å². The van der Waals surface area contributed by atoms with Crippen molar-refractivity contribution in [2.45, 2.75) is 18.8 Å². The average Bonchev–Trinajstić information content (AvgIpc) is 2.62. The molecule has 128 valence electrons. The summed E-state index contributed by atoms with van der Waals surface area (Å²) >= 11 is 0. The third-order valence-corrected chi connectivity index (χ3v) is 3.74. The number of morpholine rings is 1. The van der Waals surface area contributed by atoms with E-state index < -0.39 is 12.7 Å². The van der Waals surface area contributed by atoms with Crippen LogP contribution in [-0.4, -0.2) is 32.4 Å². The van der Waals surface area contributed by atoms with Gasteiger partial charge in [-0.2, -0.15) is 8.78 Å². The Bertz CT molecular complexity index is 633. The molecule has 0 spiro atoms. The number of rotatable bonds is 6. The molecule has 1 N–H and O–H groups in total. The minimum atomic E-state index is -2.91. The summed E-state index contributed by atoms with van der Waals surface area (Å²) in [7, 11) is 0. The van der Waals surface area contributed by atoms with E-state index in [1.54, 1.807) is 18.2 Å². The van der Waals surface area contributed by atoms with Gasteiger partial charge in [-0.3, -0.25) is 0 Å². The molecule has 0 unspecified atom stereocenters. The molecule has 6 heteroatoms. The topological polar surface area (TPSA) is 39.7 Å². The molecule has 2 atom stereocenters. The lowest BCUT2D eigenvalue weighted by molar-refractivity contribution is -0.0598. The van der Waals surface area contributed by atoms with Crippen molar-refractivity contribution in [3.63, 3.8) is 0 Å². The lowest BCUT2D eigenvalue weighted by Crippen LogP contribution is -2.43. The number of hydrogen-bond acceptors (Lipinski definition) is 4. The molecule has 24 heavy (non-hydrogen) atoms. The fraction of sp³-hybridized carbons (Fsp3) is 0.333. The van der Waals surface area contributed by atoms with Gasteiger partial charge in [0.1, 0.15) is 6.10 Å². The van der Waals surface area contributed by atoms with E-state index in [2.05, 4.69) is 10.1 Å². The van der Waals surface area contributed by atoms with Crippen molar-refractivity contribution in [1.29, 1.82) is 0 Å². The minimum absolute atomic E-state index is 0.0113. The molecule has 2 aromatic rings. The van der Waals surface area contributed by atoms with Crippen molar-refractivity contribution in [1.82, 2.24) is 5.32 Å². The van der Waals surface area contributed by atoms with Crippen LogP contribution in [0.4, 0.5) is 8.78 Å². The maximum absolute atomic E-state index is 12.6. The van der Waals surface area contributed by atoms with Gasteiger partial charge in [0.05, 0.1) is 6.61 Å². The van der Waals surface area contributed by atoms with Crippen LogP contribution in [0, 0.1) is 0 Å². The Hall–Kier alpha value is -2.18. The van der Waals surface area contributed by atoms with E-state index in [9.17, 15) is 8.78 Å². The van der Waals surface area contributed by atoms with Crippen LogP contribution in [0.1, 0.15) is 11.7 Å². The Morgan fingerprint density at radius 2 is 1.62 bits per heavy atom. The van der Waals surface area contributed by atoms with Crippen molar-refractivity contribution in [3.05, 3.63) is 60.2 Å². The van der Waals surface area contributed by atoms with Crippen molar-refractivity contribution < 1.29 is 23.0 Å². The Morgan fingerprint density at radius 1 is 0.958 bits per heavy atom. The van der Waals surface area contributed by atoms with E-state index in [1.165, 1.54) is 6.07 Å². The summed E-state index contributed by atoms with van der Waals surface area (Å²) < 4.78 is 41.6. The number of ether oxygens (including phenoxy) is 3. The maximum atomic E-state index is 12.6. The van der Waals surface area contributed by atoms with E-state index in [-0.39, 0.29) is 17.6 Å². The lowest BCUT2D eigenvalue weighted by Gasteiger charge is -2.32. The zero-order valence-electron chi connectivity index (χ0n) is 13.0. The Labute approximate surface area is 139 Å². The second-order valence-electron chi connectivity index (χ2n) is 5.39. The molecule has 0 aliphatic carbocycles. The summed E-state index contributed by atoms with van der Waals surface area (Å²) in [4.78, 5) is 0. The highest BCUT2D eigenvalue weighted by atomic mass is 19.3. The largest absolute Gasteiger partial charge is 0.479 e. The monoisotopic (exact) mass is 335 g/mol. The van der Waals surface area contributed by atoms with Crippen LogP contribution >= 0.6 is 0 Å². The summed E-state index contributed by atoms with van der Waals surface area (Å²) in [6.45, 7) is -0.926. The fourth-order valence-corrected chi connectivity index (χ4v) is 2.66. The van der Waals surface area contributed by atoms with Gasteiger partial charge in [-0.05, 0) is 17.7 Å². The average molecular weight is 335 g/mol. The number of hydrogen-bond donors (Lipinski definition) is 1. The first kappa shape index (κ1) is 16.7. The second kappa shape index (κ2) is 8.08. The van der Waals surface area contributed by atoms with Gasteiger partial charge in [0.25, 0.3) is 0 Å². The Balaban J connectivity index is 1.87. The third-order valence-electron chi connectivity index (χ3n) is 3.74. The van der Waals surface area contributed by atoms with Crippen molar-refractivity contribution >= 4 is 0 Å². The molecule has 0 aromatic heterocycles. The van der Waals surface area contributed by atoms with E-state index in [1.807, 2.05) is 30.3 Å². The van der Waals surface area contributed by atoms with Crippen LogP contribution in [0.5, 0.6) is 11.5 Å². The molecule has 1 aliphatic heterocycles. The SMILES string of the molecule is FC(F)Oc1ccccc1O[C@@H](c1ccccc1)[C@@H]1CNCCO1. The first-order valence-electron chi connectivity index (χ1n) is 7.82. The summed E-state index contributed by atoms with van der Waals surface area (Å²) in [6, 6.07) is 16.0. The molecule has 0 radical (unpaired) electrons. The predicted molar refractivity (Wildman–Crippen MR) is 85.5 cm³/mol. The normalized spacial score (nSPS) is 19.0. The Kier molecular flexibility index (Phi) is 5.61. The van der Waals surface area contributed by atoms with Gasteiger partial charge in [0, 0.05) is 13.1 Å². The number of halogens is 2. The maximum Gasteiger partial charge on any atom is 0.387 e. The van der Waals surface area contributed by atoms with E-state index >= 15 is 0 Å². The zero-order valence-corrected chi connectivity index (χ0v) is 13.0. The number of benzene rings is 2. The number of para-hydroxylation sites is 2. The van der Waals surface area contributed by atoms with E-state index in [4.69, 9.17) is 9.47 Å². The zero-order chi connectivity index (χ0) is 16.8. The van der Waals surface area contributed by atoms with Gasteiger partial charge in [0.2, 0.25) is 0 Å². The van der Waals surface area contributed by atoms with Crippen molar-refractivity contribution in [3.8, 4) is 11.5 Å². The number of nitrogens with one attached hydrogen (secondary N) is 1. The fourth-order valence-electron chi connectivity index (χ4n) is 2.66. The highest BCUT2D eigenvalue weighted by Gasteiger charge is 2.28. The number of alkyl halides is 2. The molecule has 0 bridgehead atoms. The quantitative estimate of drug-likeness (QED) is 0.878. The van der Waals surface area contributed by atoms with Crippen LogP contribution in [-0.2, 0) is 4.74 Å². The van der Waals surface area contributed by atoms with E-state index in [0.717, 1.165) is 12.1 Å². The summed E-state index contributed by atoms with van der Waals surface area (Å²) in [5, 5.41) is 3.26. The van der Waals surface area contributed by atoms with Crippen LogP contribution in [0.25, 0.3) is 0 Å². The van der Waals surface area contributed by atoms with Gasteiger partial charge in [-0.15, -0.1) is 0 Å². The lowest BCUT2D eigenvalue weighted by atomic mass is 10.0. The molecule has 3 rings (SSSR count). The molecular weight excluding hydrogens is 316 g/mol. The molecule has 4 nitrogen and oxygen atoms in total. The van der Waals surface area contributed by atoms with Gasteiger partial charge in [0.15, 0.2) is 17.6 Å². The molecule has 2 aromatic carbocycles. The van der Waals surface area contributed by atoms with Crippen LogP contribution in [0.3, 0.4) is 0 Å². The van der Waals surface area contributed by atoms with Crippen LogP contribution in [0.2, 0.25) is 0 Å².